The van der Waals surface area contributed by atoms with Gasteiger partial charge in [0, 0.05) is 12.6 Å². The molecule has 9 heteroatoms. The lowest BCUT2D eigenvalue weighted by atomic mass is 10.1. The molecule has 0 atom stereocenters. The van der Waals surface area contributed by atoms with Crippen LogP contribution in [0.4, 0.5) is 10.1 Å². The summed E-state index contributed by atoms with van der Waals surface area (Å²) in [6.45, 7) is -0.101. The number of halogens is 1. The molecule has 26 heavy (non-hydrogen) atoms. The van der Waals surface area contributed by atoms with Gasteiger partial charge in [0.15, 0.2) is 5.58 Å². The maximum atomic E-state index is 13.5. The molecular weight excluding hydrogens is 345 g/mol. The van der Waals surface area contributed by atoms with Gasteiger partial charge in [-0.2, -0.15) is 0 Å². The fourth-order valence-electron chi connectivity index (χ4n) is 2.56. The molecule has 3 rings (SSSR count). The molecule has 0 aliphatic heterocycles. The minimum Gasteiger partial charge on any atom is -0.407 e. The summed E-state index contributed by atoms with van der Waals surface area (Å²) in [6.07, 6.45) is 0.311. The molecule has 2 aromatic carbocycles. The Morgan fingerprint density at radius 3 is 2.77 bits per heavy atom. The van der Waals surface area contributed by atoms with Crippen molar-refractivity contribution in [1.29, 1.82) is 0 Å². The average Bonchev–Trinajstić information content (AvgIpc) is 2.91. The molecule has 1 heterocycles. The first-order valence-electron chi connectivity index (χ1n) is 7.73. The van der Waals surface area contributed by atoms with Gasteiger partial charge in [-0.05, 0) is 24.1 Å². The van der Waals surface area contributed by atoms with Crippen LogP contribution >= 0.6 is 0 Å². The van der Waals surface area contributed by atoms with Crippen LogP contribution in [0.5, 0.6) is 0 Å². The van der Waals surface area contributed by atoms with Crippen LogP contribution in [0.2, 0.25) is 0 Å². The van der Waals surface area contributed by atoms with E-state index in [4.69, 9.17) is 4.42 Å². The summed E-state index contributed by atoms with van der Waals surface area (Å²) >= 11 is 0. The topological polar surface area (TPSA) is 107 Å². The number of amides is 1. The number of nitro groups is 1. The fraction of sp³-hybridized carbons (Fsp3) is 0.176. The molecule has 0 bridgehead atoms. The van der Waals surface area contributed by atoms with Gasteiger partial charge in [-0.15, -0.1) is 0 Å². The van der Waals surface area contributed by atoms with Crippen LogP contribution in [0.15, 0.2) is 51.7 Å². The lowest BCUT2D eigenvalue weighted by molar-refractivity contribution is -0.384. The lowest BCUT2D eigenvalue weighted by Crippen LogP contribution is -2.32. The molecule has 0 aliphatic rings. The molecule has 0 spiro atoms. The highest BCUT2D eigenvalue weighted by atomic mass is 19.1. The SMILES string of the molecule is O=C(Cn1c(=O)oc2cc([N+](=O)[O-])ccc21)NCCc1ccccc1F. The summed E-state index contributed by atoms with van der Waals surface area (Å²) in [5.41, 5.74) is 0.576. The third-order valence-electron chi connectivity index (χ3n) is 3.84. The van der Waals surface area contributed by atoms with E-state index in [2.05, 4.69) is 5.32 Å². The van der Waals surface area contributed by atoms with Crippen LogP contribution in [-0.2, 0) is 17.8 Å². The van der Waals surface area contributed by atoms with E-state index >= 15 is 0 Å². The summed E-state index contributed by atoms with van der Waals surface area (Å²) in [7, 11) is 0. The number of carbonyl (C=O) groups excluding carboxylic acids is 1. The largest absolute Gasteiger partial charge is 0.420 e. The molecule has 0 saturated heterocycles. The van der Waals surface area contributed by atoms with E-state index in [1.165, 1.54) is 18.2 Å². The zero-order chi connectivity index (χ0) is 18.7. The Hall–Kier alpha value is -3.49. The third kappa shape index (κ3) is 3.61. The van der Waals surface area contributed by atoms with Crippen molar-refractivity contribution in [3.05, 3.63) is 74.5 Å². The monoisotopic (exact) mass is 359 g/mol. The fourth-order valence-corrected chi connectivity index (χ4v) is 2.56. The molecule has 0 saturated carbocycles. The zero-order valence-corrected chi connectivity index (χ0v) is 13.5. The first kappa shape index (κ1) is 17.3. The molecule has 0 aliphatic carbocycles. The molecule has 1 amide bonds. The molecule has 0 fully saturated rings. The van der Waals surface area contributed by atoms with Gasteiger partial charge in [0.1, 0.15) is 12.4 Å². The van der Waals surface area contributed by atoms with Crippen LogP contribution in [0.25, 0.3) is 11.1 Å². The van der Waals surface area contributed by atoms with Crippen molar-refractivity contribution in [3.63, 3.8) is 0 Å². The quantitative estimate of drug-likeness (QED) is 0.535. The van der Waals surface area contributed by atoms with E-state index in [1.54, 1.807) is 18.2 Å². The Morgan fingerprint density at radius 1 is 1.27 bits per heavy atom. The smallest absolute Gasteiger partial charge is 0.407 e. The minimum absolute atomic E-state index is 0.0309. The van der Waals surface area contributed by atoms with Gasteiger partial charge in [-0.3, -0.25) is 19.5 Å². The van der Waals surface area contributed by atoms with E-state index in [1.807, 2.05) is 0 Å². The number of non-ortho nitro benzene ring substituents is 1. The molecule has 1 aromatic heterocycles. The van der Waals surface area contributed by atoms with Gasteiger partial charge in [0.2, 0.25) is 5.91 Å². The van der Waals surface area contributed by atoms with Crippen LogP contribution in [0.3, 0.4) is 0 Å². The second kappa shape index (κ2) is 7.18. The molecular formula is C17H14FN3O5. The second-order valence-electron chi connectivity index (χ2n) is 5.55. The van der Waals surface area contributed by atoms with Gasteiger partial charge < -0.3 is 9.73 Å². The summed E-state index contributed by atoms with van der Waals surface area (Å²) in [6, 6.07) is 9.96. The van der Waals surface area contributed by atoms with Crippen LogP contribution in [0, 0.1) is 15.9 Å². The average molecular weight is 359 g/mol. The molecule has 0 radical (unpaired) electrons. The van der Waals surface area contributed by atoms with Gasteiger partial charge in [0.25, 0.3) is 5.69 Å². The number of carbonyl (C=O) groups is 1. The second-order valence-corrected chi connectivity index (χ2v) is 5.55. The number of nitrogens with one attached hydrogen (secondary N) is 1. The highest BCUT2D eigenvalue weighted by Gasteiger charge is 2.16. The number of nitro benzene ring substituents is 1. The Balaban J connectivity index is 1.67. The van der Waals surface area contributed by atoms with Gasteiger partial charge in [-0.25, -0.2) is 9.18 Å². The number of hydrogen-bond donors (Lipinski definition) is 1. The Labute approximate surface area is 146 Å². The standard InChI is InChI=1S/C17H14FN3O5/c18-13-4-2-1-3-11(13)7-8-19-16(22)10-20-14-6-5-12(21(24)25)9-15(14)26-17(20)23/h1-6,9H,7-8,10H2,(H,19,22). The molecule has 134 valence electrons. The summed E-state index contributed by atoms with van der Waals surface area (Å²) in [5, 5.41) is 13.4. The molecule has 3 aromatic rings. The number of nitrogens with zero attached hydrogens (tertiary/aromatic N) is 2. The Morgan fingerprint density at radius 2 is 2.04 bits per heavy atom. The molecule has 8 nitrogen and oxygen atoms in total. The van der Waals surface area contributed by atoms with Crippen molar-refractivity contribution in [2.24, 2.45) is 0 Å². The predicted molar refractivity (Wildman–Crippen MR) is 90.2 cm³/mol. The Kier molecular flexibility index (Phi) is 4.78. The van der Waals surface area contributed by atoms with Crippen molar-refractivity contribution in [2.75, 3.05) is 6.54 Å². The number of fused-ring (bicyclic) bond motifs is 1. The van der Waals surface area contributed by atoms with Crippen molar-refractivity contribution in [1.82, 2.24) is 9.88 Å². The maximum absolute atomic E-state index is 13.5. The summed E-state index contributed by atoms with van der Waals surface area (Å²) in [5.74, 6) is -1.59. The summed E-state index contributed by atoms with van der Waals surface area (Å²) in [4.78, 5) is 34.1. The number of rotatable bonds is 6. The Bertz CT molecular complexity index is 1040. The predicted octanol–water partition coefficient (Wildman–Crippen LogP) is 2.00. The normalized spacial score (nSPS) is 10.8. The van der Waals surface area contributed by atoms with Crippen molar-refractivity contribution in [2.45, 2.75) is 13.0 Å². The van der Waals surface area contributed by atoms with Gasteiger partial charge in [-0.1, -0.05) is 18.2 Å². The van der Waals surface area contributed by atoms with E-state index in [-0.39, 0.29) is 35.7 Å². The van der Waals surface area contributed by atoms with E-state index in [0.717, 1.165) is 10.6 Å². The van der Waals surface area contributed by atoms with E-state index in [0.29, 0.717) is 12.0 Å². The van der Waals surface area contributed by atoms with Crippen molar-refractivity contribution < 1.29 is 18.5 Å². The minimum atomic E-state index is -0.787. The van der Waals surface area contributed by atoms with Gasteiger partial charge in [0.05, 0.1) is 16.5 Å². The molecule has 1 N–H and O–H groups in total. The lowest BCUT2D eigenvalue weighted by Gasteiger charge is -2.06. The van der Waals surface area contributed by atoms with Crippen molar-refractivity contribution >= 4 is 22.7 Å². The highest BCUT2D eigenvalue weighted by molar-refractivity contribution is 5.80. The van der Waals surface area contributed by atoms with Gasteiger partial charge >= 0.3 is 5.76 Å². The maximum Gasteiger partial charge on any atom is 0.420 e. The zero-order valence-electron chi connectivity index (χ0n) is 13.5. The first-order valence-corrected chi connectivity index (χ1v) is 7.73. The number of hydrogen-bond acceptors (Lipinski definition) is 5. The highest BCUT2D eigenvalue weighted by Crippen LogP contribution is 2.19. The molecule has 0 unspecified atom stereocenters. The third-order valence-corrected chi connectivity index (χ3v) is 3.84. The van der Waals surface area contributed by atoms with Crippen LogP contribution in [-0.4, -0.2) is 21.9 Å². The number of oxazole rings is 1. The number of aromatic nitrogens is 1. The van der Waals surface area contributed by atoms with E-state index in [9.17, 15) is 24.1 Å². The van der Waals surface area contributed by atoms with Crippen molar-refractivity contribution in [3.8, 4) is 0 Å². The van der Waals surface area contributed by atoms with E-state index < -0.39 is 16.6 Å². The van der Waals surface area contributed by atoms with Crippen LogP contribution < -0.4 is 11.1 Å². The first-order chi connectivity index (χ1) is 12.5. The van der Waals surface area contributed by atoms with Crippen LogP contribution in [0.1, 0.15) is 5.56 Å². The number of benzene rings is 2. The summed E-state index contributed by atoms with van der Waals surface area (Å²) < 4.78 is 19.6.